The van der Waals surface area contributed by atoms with Gasteiger partial charge in [0.15, 0.2) is 0 Å². The standard InChI is InChI=1S/C19H23ClN2O4S/c1-3-26-18-11-9-16(10-12-18)21-19(23)8-5-13-22(27(2,24)25)17-7-4-6-15(20)14-17/h4,6-7,9-12,14H,3,5,8,13H2,1-2H3,(H,21,23). The molecule has 0 heterocycles. The van der Waals surface area contributed by atoms with E-state index in [0.717, 1.165) is 12.0 Å². The van der Waals surface area contributed by atoms with Crippen LogP contribution in [0.25, 0.3) is 0 Å². The number of carbonyl (C=O) groups is 1. The Kier molecular flexibility index (Phi) is 7.50. The summed E-state index contributed by atoms with van der Waals surface area (Å²) in [7, 11) is -3.47. The molecule has 2 aromatic carbocycles. The first-order valence-electron chi connectivity index (χ1n) is 8.55. The van der Waals surface area contributed by atoms with Crippen molar-refractivity contribution in [3.8, 4) is 5.75 Å². The first-order chi connectivity index (χ1) is 12.8. The average molecular weight is 411 g/mol. The van der Waals surface area contributed by atoms with E-state index in [1.54, 1.807) is 48.5 Å². The molecule has 0 fully saturated rings. The van der Waals surface area contributed by atoms with Gasteiger partial charge in [0.2, 0.25) is 15.9 Å². The molecule has 0 saturated heterocycles. The quantitative estimate of drug-likeness (QED) is 0.679. The van der Waals surface area contributed by atoms with Crippen LogP contribution in [0.4, 0.5) is 11.4 Å². The molecule has 1 amide bonds. The van der Waals surface area contributed by atoms with Crippen LogP contribution in [-0.2, 0) is 14.8 Å². The Labute approximate surface area is 165 Å². The SMILES string of the molecule is CCOc1ccc(NC(=O)CCCN(c2cccc(Cl)c2)S(C)(=O)=O)cc1. The zero-order valence-electron chi connectivity index (χ0n) is 15.3. The van der Waals surface area contributed by atoms with Crippen molar-refractivity contribution >= 4 is 38.9 Å². The molecule has 0 spiro atoms. The highest BCUT2D eigenvalue weighted by molar-refractivity contribution is 7.92. The number of halogens is 1. The number of ether oxygens (including phenoxy) is 1. The van der Waals surface area contributed by atoms with Gasteiger partial charge in [0.25, 0.3) is 0 Å². The van der Waals surface area contributed by atoms with Crippen molar-refractivity contribution < 1.29 is 17.9 Å². The van der Waals surface area contributed by atoms with Crippen LogP contribution >= 0.6 is 11.6 Å². The third-order valence-corrected chi connectivity index (χ3v) is 5.14. The summed E-state index contributed by atoms with van der Waals surface area (Å²) in [5, 5.41) is 3.24. The first-order valence-corrected chi connectivity index (χ1v) is 10.8. The summed E-state index contributed by atoms with van der Waals surface area (Å²) >= 11 is 5.95. The number of hydrogen-bond acceptors (Lipinski definition) is 4. The highest BCUT2D eigenvalue weighted by Crippen LogP contribution is 2.22. The zero-order valence-corrected chi connectivity index (χ0v) is 16.9. The summed E-state index contributed by atoms with van der Waals surface area (Å²) in [4.78, 5) is 12.1. The van der Waals surface area contributed by atoms with Gasteiger partial charge in [-0.15, -0.1) is 0 Å². The number of rotatable bonds is 9. The molecule has 2 rings (SSSR count). The number of benzene rings is 2. The topological polar surface area (TPSA) is 75.7 Å². The van der Waals surface area contributed by atoms with Crippen LogP contribution < -0.4 is 14.4 Å². The van der Waals surface area contributed by atoms with Gasteiger partial charge in [-0.2, -0.15) is 0 Å². The Balaban J connectivity index is 1.91. The maximum absolute atomic E-state index is 12.1. The van der Waals surface area contributed by atoms with E-state index < -0.39 is 10.0 Å². The molecule has 0 aromatic heterocycles. The predicted molar refractivity (Wildman–Crippen MR) is 109 cm³/mol. The van der Waals surface area contributed by atoms with E-state index in [1.165, 1.54) is 4.31 Å². The fourth-order valence-electron chi connectivity index (χ4n) is 2.53. The summed E-state index contributed by atoms with van der Waals surface area (Å²) < 4.78 is 30.7. The van der Waals surface area contributed by atoms with Gasteiger partial charge in [0, 0.05) is 23.7 Å². The number of nitrogens with zero attached hydrogens (tertiary/aromatic N) is 1. The number of nitrogens with one attached hydrogen (secondary N) is 1. The van der Waals surface area contributed by atoms with Crippen LogP contribution in [0.2, 0.25) is 5.02 Å². The molecular weight excluding hydrogens is 388 g/mol. The van der Waals surface area contributed by atoms with E-state index in [0.29, 0.717) is 29.4 Å². The second-order valence-electron chi connectivity index (χ2n) is 5.92. The van der Waals surface area contributed by atoms with Crippen molar-refractivity contribution in [2.45, 2.75) is 19.8 Å². The molecule has 0 aliphatic heterocycles. The number of anilines is 2. The third kappa shape index (κ3) is 6.77. The van der Waals surface area contributed by atoms with Gasteiger partial charge in [0.1, 0.15) is 5.75 Å². The van der Waals surface area contributed by atoms with Gasteiger partial charge in [-0.05, 0) is 55.8 Å². The number of sulfonamides is 1. The largest absolute Gasteiger partial charge is 0.494 e. The second-order valence-corrected chi connectivity index (χ2v) is 8.27. The summed E-state index contributed by atoms with van der Waals surface area (Å²) in [6, 6.07) is 13.7. The van der Waals surface area contributed by atoms with Crippen LogP contribution in [0.5, 0.6) is 5.75 Å². The first kappa shape index (κ1) is 21.1. The minimum atomic E-state index is -3.47. The van der Waals surface area contributed by atoms with Crippen LogP contribution in [0.1, 0.15) is 19.8 Å². The van der Waals surface area contributed by atoms with Crippen molar-refractivity contribution in [3.05, 3.63) is 53.6 Å². The van der Waals surface area contributed by atoms with E-state index in [4.69, 9.17) is 16.3 Å². The molecule has 1 N–H and O–H groups in total. The lowest BCUT2D eigenvalue weighted by Gasteiger charge is -2.22. The van der Waals surface area contributed by atoms with Crippen molar-refractivity contribution in [2.75, 3.05) is 29.0 Å². The molecule has 0 atom stereocenters. The minimum absolute atomic E-state index is 0.182. The Morgan fingerprint density at radius 2 is 1.89 bits per heavy atom. The Bertz CT molecular complexity index is 870. The predicted octanol–water partition coefficient (Wildman–Crippen LogP) is 3.92. The lowest BCUT2D eigenvalue weighted by atomic mass is 10.2. The van der Waals surface area contributed by atoms with Crippen LogP contribution in [-0.4, -0.2) is 33.7 Å². The van der Waals surface area contributed by atoms with Crippen molar-refractivity contribution in [3.63, 3.8) is 0 Å². The molecule has 27 heavy (non-hydrogen) atoms. The molecule has 146 valence electrons. The number of carbonyl (C=O) groups excluding carboxylic acids is 1. The molecule has 6 nitrogen and oxygen atoms in total. The Morgan fingerprint density at radius 3 is 2.48 bits per heavy atom. The molecule has 0 saturated carbocycles. The maximum Gasteiger partial charge on any atom is 0.232 e. The lowest BCUT2D eigenvalue weighted by molar-refractivity contribution is -0.116. The average Bonchev–Trinajstić information content (AvgIpc) is 2.59. The van der Waals surface area contributed by atoms with E-state index in [9.17, 15) is 13.2 Å². The van der Waals surface area contributed by atoms with Crippen LogP contribution in [0.15, 0.2) is 48.5 Å². The lowest BCUT2D eigenvalue weighted by Crippen LogP contribution is -2.31. The molecule has 0 aliphatic carbocycles. The smallest absolute Gasteiger partial charge is 0.232 e. The van der Waals surface area contributed by atoms with E-state index in [1.807, 2.05) is 6.92 Å². The molecule has 0 radical (unpaired) electrons. The van der Waals surface area contributed by atoms with Gasteiger partial charge < -0.3 is 10.1 Å². The van der Waals surface area contributed by atoms with E-state index in [2.05, 4.69) is 5.32 Å². The Morgan fingerprint density at radius 1 is 1.19 bits per heavy atom. The van der Waals surface area contributed by atoms with E-state index in [-0.39, 0.29) is 18.9 Å². The summed E-state index contributed by atoms with van der Waals surface area (Å²) in [5.74, 6) is 0.555. The highest BCUT2D eigenvalue weighted by atomic mass is 35.5. The monoisotopic (exact) mass is 410 g/mol. The maximum atomic E-state index is 12.1. The molecule has 0 aliphatic rings. The molecule has 8 heteroatoms. The number of amides is 1. The summed E-state index contributed by atoms with van der Waals surface area (Å²) in [6.07, 6.45) is 1.70. The Hall–Kier alpha value is -2.25. The summed E-state index contributed by atoms with van der Waals surface area (Å²) in [5.41, 5.74) is 1.15. The van der Waals surface area contributed by atoms with Gasteiger partial charge in [0.05, 0.1) is 18.6 Å². The molecule has 0 bridgehead atoms. The third-order valence-electron chi connectivity index (χ3n) is 3.71. The molecular formula is C19H23ClN2O4S. The van der Waals surface area contributed by atoms with Crippen molar-refractivity contribution in [1.29, 1.82) is 0 Å². The van der Waals surface area contributed by atoms with Gasteiger partial charge in [-0.3, -0.25) is 9.10 Å². The van der Waals surface area contributed by atoms with E-state index >= 15 is 0 Å². The number of hydrogen-bond donors (Lipinski definition) is 1. The second kappa shape index (κ2) is 9.62. The van der Waals surface area contributed by atoms with Crippen LogP contribution in [0.3, 0.4) is 0 Å². The van der Waals surface area contributed by atoms with Crippen molar-refractivity contribution in [1.82, 2.24) is 0 Å². The summed E-state index contributed by atoms with van der Waals surface area (Å²) in [6.45, 7) is 2.67. The normalized spacial score (nSPS) is 11.1. The van der Waals surface area contributed by atoms with Gasteiger partial charge >= 0.3 is 0 Å². The van der Waals surface area contributed by atoms with Gasteiger partial charge in [-0.25, -0.2) is 8.42 Å². The highest BCUT2D eigenvalue weighted by Gasteiger charge is 2.17. The molecule has 0 unspecified atom stereocenters. The minimum Gasteiger partial charge on any atom is -0.494 e. The fraction of sp³-hybridized carbons (Fsp3) is 0.316. The van der Waals surface area contributed by atoms with Gasteiger partial charge in [-0.1, -0.05) is 17.7 Å². The fourth-order valence-corrected chi connectivity index (χ4v) is 3.67. The van der Waals surface area contributed by atoms with Crippen LogP contribution in [0, 0.1) is 0 Å². The zero-order chi connectivity index (χ0) is 19.9. The molecule has 2 aromatic rings. The van der Waals surface area contributed by atoms with Crippen molar-refractivity contribution in [2.24, 2.45) is 0 Å².